The third-order valence-corrected chi connectivity index (χ3v) is 3.63. The second-order valence-corrected chi connectivity index (χ2v) is 4.98. The second-order valence-electron chi connectivity index (χ2n) is 4.58. The summed E-state index contributed by atoms with van der Waals surface area (Å²) in [6.07, 6.45) is 5.11. The fourth-order valence-electron chi connectivity index (χ4n) is 2.40. The Balaban J connectivity index is 2.38. The molecule has 0 aliphatic heterocycles. The summed E-state index contributed by atoms with van der Waals surface area (Å²) in [6.45, 7) is 2.03. The zero-order valence-electron chi connectivity index (χ0n) is 9.09. The Morgan fingerprint density at radius 1 is 1.20 bits per heavy atom. The Morgan fingerprint density at radius 2 is 1.87 bits per heavy atom. The van der Waals surface area contributed by atoms with Gasteiger partial charge in [0, 0.05) is 10.6 Å². The van der Waals surface area contributed by atoms with Gasteiger partial charge in [-0.25, -0.2) is 0 Å². The molecule has 1 nitrogen and oxygen atoms in total. The lowest BCUT2D eigenvalue weighted by atomic mass is 9.79. The molecule has 0 bridgehead atoms. The highest BCUT2D eigenvalue weighted by molar-refractivity contribution is 6.31. The first-order chi connectivity index (χ1) is 7.12. The molecule has 1 aliphatic rings. The van der Waals surface area contributed by atoms with E-state index in [4.69, 9.17) is 11.6 Å². The molecule has 1 aromatic rings. The van der Waals surface area contributed by atoms with Gasteiger partial charge in [-0.05, 0) is 25.8 Å². The minimum atomic E-state index is -0.679. The molecule has 2 rings (SSSR count). The molecule has 0 amide bonds. The van der Waals surface area contributed by atoms with Crippen molar-refractivity contribution in [2.24, 2.45) is 0 Å². The minimum Gasteiger partial charge on any atom is -0.385 e. The predicted octanol–water partition coefficient (Wildman–Crippen LogP) is 3.80. The number of rotatable bonds is 1. The van der Waals surface area contributed by atoms with Gasteiger partial charge in [0.1, 0.15) is 0 Å². The van der Waals surface area contributed by atoms with Crippen molar-refractivity contribution in [2.45, 2.75) is 44.6 Å². The molecule has 1 aliphatic carbocycles. The molecule has 2 heteroatoms. The van der Waals surface area contributed by atoms with Crippen molar-refractivity contribution in [2.75, 3.05) is 0 Å². The molecule has 82 valence electrons. The zero-order chi connectivity index (χ0) is 10.9. The smallest absolute Gasteiger partial charge is 0.0911 e. The monoisotopic (exact) mass is 224 g/mol. The van der Waals surface area contributed by atoms with Crippen LogP contribution in [0.5, 0.6) is 0 Å². The highest BCUT2D eigenvalue weighted by atomic mass is 35.5. The predicted molar refractivity (Wildman–Crippen MR) is 63.2 cm³/mol. The number of benzene rings is 1. The molecule has 15 heavy (non-hydrogen) atoms. The molecule has 1 saturated carbocycles. The van der Waals surface area contributed by atoms with E-state index < -0.39 is 5.60 Å². The second kappa shape index (κ2) is 4.15. The number of hydrogen-bond donors (Lipinski definition) is 1. The number of hydrogen-bond acceptors (Lipinski definition) is 1. The van der Waals surface area contributed by atoms with E-state index in [1.807, 2.05) is 25.1 Å². The first-order valence-electron chi connectivity index (χ1n) is 5.61. The van der Waals surface area contributed by atoms with Gasteiger partial charge in [-0.15, -0.1) is 0 Å². The van der Waals surface area contributed by atoms with Gasteiger partial charge in [0.15, 0.2) is 0 Å². The highest BCUT2D eigenvalue weighted by Crippen LogP contribution is 2.40. The molecule has 1 N–H and O–H groups in total. The van der Waals surface area contributed by atoms with E-state index in [2.05, 4.69) is 0 Å². The Bertz CT molecular complexity index is 354. The van der Waals surface area contributed by atoms with Crippen LogP contribution in [0, 0.1) is 6.92 Å². The fraction of sp³-hybridized carbons (Fsp3) is 0.538. The van der Waals surface area contributed by atoms with Gasteiger partial charge in [0.2, 0.25) is 0 Å². The molecule has 1 aromatic carbocycles. The lowest BCUT2D eigenvalue weighted by Gasteiger charge is -2.33. The minimum absolute atomic E-state index is 0.679. The van der Waals surface area contributed by atoms with Gasteiger partial charge in [-0.1, -0.05) is 48.6 Å². The molecular weight excluding hydrogens is 208 g/mol. The van der Waals surface area contributed by atoms with Crippen molar-refractivity contribution in [1.29, 1.82) is 0 Å². The van der Waals surface area contributed by atoms with Crippen molar-refractivity contribution >= 4 is 11.6 Å². The van der Waals surface area contributed by atoms with Crippen LogP contribution in [-0.4, -0.2) is 5.11 Å². The molecule has 0 radical (unpaired) electrons. The maximum absolute atomic E-state index is 10.6. The van der Waals surface area contributed by atoms with Crippen LogP contribution in [0.15, 0.2) is 18.2 Å². The molecule has 0 saturated heterocycles. The van der Waals surface area contributed by atoms with E-state index >= 15 is 0 Å². The lowest BCUT2D eigenvalue weighted by molar-refractivity contribution is -0.000571. The average Bonchev–Trinajstić information content (AvgIpc) is 2.23. The van der Waals surface area contributed by atoms with Crippen LogP contribution in [0.25, 0.3) is 0 Å². The maximum Gasteiger partial charge on any atom is 0.0911 e. The van der Waals surface area contributed by atoms with Gasteiger partial charge in [0.25, 0.3) is 0 Å². The number of halogens is 1. The maximum atomic E-state index is 10.6. The summed E-state index contributed by atoms with van der Waals surface area (Å²) < 4.78 is 0. The molecule has 0 aromatic heterocycles. The van der Waals surface area contributed by atoms with E-state index in [0.717, 1.165) is 36.8 Å². The van der Waals surface area contributed by atoms with E-state index in [9.17, 15) is 5.11 Å². The summed E-state index contributed by atoms with van der Waals surface area (Å²) in [7, 11) is 0. The van der Waals surface area contributed by atoms with Crippen molar-refractivity contribution in [3.63, 3.8) is 0 Å². The standard InChI is InChI=1S/C13H17ClO/c1-10-5-6-12(14)11(9-10)13(15)7-3-2-4-8-13/h5-6,9,15H,2-4,7-8H2,1H3. The van der Waals surface area contributed by atoms with Crippen LogP contribution < -0.4 is 0 Å². The van der Waals surface area contributed by atoms with E-state index in [-0.39, 0.29) is 0 Å². The van der Waals surface area contributed by atoms with Crippen molar-refractivity contribution in [3.8, 4) is 0 Å². The van der Waals surface area contributed by atoms with Crippen LogP contribution in [0.3, 0.4) is 0 Å². The van der Waals surface area contributed by atoms with E-state index in [0.29, 0.717) is 5.02 Å². The molecular formula is C13H17ClO. The van der Waals surface area contributed by atoms with Crippen LogP contribution in [0.2, 0.25) is 5.02 Å². The SMILES string of the molecule is Cc1ccc(Cl)c(C2(O)CCCCC2)c1. The Kier molecular flexibility index (Phi) is 3.03. The molecule has 0 atom stereocenters. The van der Waals surface area contributed by atoms with Crippen molar-refractivity contribution < 1.29 is 5.11 Å². The molecule has 0 heterocycles. The van der Waals surface area contributed by atoms with Gasteiger partial charge in [-0.2, -0.15) is 0 Å². The van der Waals surface area contributed by atoms with Crippen LogP contribution in [0.4, 0.5) is 0 Å². The van der Waals surface area contributed by atoms with Gasteiger partial charge in [-0.3, -0.25) is 0 Å². The Morgan fingerprint density at radius 3 is 2.53 bits per heavy atom. The third kappa shape index (κ3) is 2.19. The number of aliphatic hydroxyl groups is 1. The van der Waals surface area contributed by atoms with Gasteiger partial charge in [0.05, 0.1) is 5.60 Å². The van der Waals surface area contributed by atoms with E-state index in [1.165, 1.54) is 6.42 Å². The largest absolute Gasteiger partial charge is 0.385 e. The van der Waals surface area contributed by atoms with Crippen LogP contribution >= 0.6 is 11.6 Å². The highest BCUT2D eigenvalue weighted by Gasteiger charge is 2.32. The quantitative estimate of drug-likeness (QED) is 0.770. The summed E-state index contributed by atoms with van der Waals surface area (Å²) in [6, 6.07) is 5.89. The Labute approximate surface area is 96.1 Å². The molecule has 0 spiro atoms. The van der Waals surface area contributed by atoms with Crippen LogP contribution in [-0.2, 0) is 5.60 Å². The Hall–Kier alpha value is -0.530. The topological polar surface area (TPSA) is 20.2 Å². The molecule has 1 fully saturated rings. The van der Waals surface area contributed by atoms with Gasteiger partial charge >= 0.3 is 0 Å². The molecule has 0 unspecified atom stereocenters. The summed E-state index contributed by atoms with van der Waals surface area (Å²) in [5, 5.41) is 11.3. The van der Waals surface area contributed by atoms with Crippen molar-refractivity contribution in [3.05, 3.63) is 34.3 Å². The third-order valence-electron chi connectivity index (χ3n) is 3.30. The zero-order valence-corrected chi connectivity index (χ0v) is 9.85. The lowest BCUT2D eigenvalue weighted by Crippen LogP contribution is -2.28. The fourth-order valence-corrected chi connectivity index (χ4v) is 2.70. The average molecular weight is 225 g/mol. The van der Waals surface area contributed by atoms with Crippen LogP contribution in [0.1, 0.15) is 43.2 Å². The first-order valence-corrected chi connectivity index (χ1v) is 5.99. The summed E-state index contributed by atoms with van der Waals surface area (Å²) >= 11 is 6.16. The first kappa shape index (κ1) is 11.0. The normalized spacial score (nSPS) is 20.2. The summed E-state index contributed by atoms with van der Waals surface area (Å²) in [5.74, 6) is 0. The van der Waals surface area contributed by atoms with Crippen molar-refractivity contribution in [1.82, 2.24) is 0 Å². The summed E-state index contributed by atoms with van der Waals surface area (Å²) in [4.78, 5) is 0. The van der Waals surface area contributed by atoms with Gasteiger partial charge < -0.3 is 5.11 Å². The van der Waals surface area contributed by atoms with E-state index in [1.54, 1.807) is 0 Å². The number of aryl methyl sites for hydroxylation is 1. The summed E-state index contributed by atoms with van der Waals surface area (Å²) in [5.41, 5.74) is 1.40.